The van der Waals surface area contributed by atoms with Crippen LogP contribution >= 0.6 is 0 Å². The Balaban J connectivity index is 2.16. The monoisotopic (exact) mass is 261 g/mol. The zero-order valence-electron chi connectivity index (χ0n) is 9.84. The summed E-state index contributed by atoms with van der Waals surface area (Å²) in [7, 11) is -3.40. The summed E-state index contributed by atoms with van der Waals surface area (Å²) in [5, 5.41) is 8.69. The van der Waals surface area contributed by atoms with Crippen molar-refractivity contribution in [2.24, 2.45) is 0 Å². The molecule has 5 nitrogen and oxygen atoms in total. The van der Waals surface area contributed by atoms with Gasteiger partial charge in [-0.25, -0.2) is 8.42 Å². The fourth-order valence-electron chi connectivity index (χ4n) is 2.85. The molecular formula is C11H19NO4S. The van der Waals surface area contributed by atoms with Crippen LogP contribution in [0.25, 0.3) is 0 Å². The summed E-state index contributed by atoms with van der Waals surface area (Å²) < 4.78 is 26.0. The Morgan fingerprint density at radius 3 is 2.29 bits per heavy atom. The highest BCUT2D eigenvalue weighted by Gasteiger charge is 2.42. The predicted octanol–water partition coefficient (Wildman–Crippen LogP) is 1.20. The fourth-order valence-corrected chi connectivity index (χ4v) is 5.09. The van der Waals surface area contributed by atoms with Crippen LogP contribution < -0.4 is 0 Å². The van der Waals surface area contributed by atoms with E-state index in [9.17, 15) is 13.2 Å². The number of hydrogen-bond donors (Lipinski definition) is 1. The summed E-state index contributed by atoms with van der Waals surface area (Å²) in [4.78, 5) is 11.0. The quantitative estimate of drug-likeness (QED) is 0.828. The van der Waals surface area contributed by atoms with Gasteiger partial charge in [0.2, 0.25) is 10.0 Å². The van der Waals surface area contributed by atoms with Gasteiger partial charge in [-0.1, -0.05) is 19.3 Å². The molecule has 1 aliphatic heterocycles. The molecule has 0 bridgehead atoms. The minimum absolute atomic E-state index is 0.351. The molecule has 1 heterocycles. The normalized spacial score (nSPS) is 28.4. The van der Waals surface area contributed by atoms with Crippen molar-refractivity contribution in [2.75, 3.05) is 6.54 Å². The highest BCUT2D eigenvalue weighted by Crippen LogP contribution is 2.30. The first kappa shape index (κ1) is 12.8. The van der Waals surface area contributed by atoms with E-state index in [0.29, 0.717) is 32.2 Å². The molecule has 1 N–H and O–H groups in total. The summed E-state index contributed by atoms with van der Waals surface area (Å²) in [5.41, 5.74) is 0. The van der Waals surface area contributed by atoms with Crippen molar-refractivity contribution in [3.05, 3.63) is 0 Å². The van der Waals surface area contributed by atoms with Crippen LogP contribution in [0.15, 0.2) is 0 Å². The predicted molar refractivity (Wildman–Crippen MR) is 63.2 cm³/mol. The maximum atomic E-state index is 12.4. The Morgan fingerprint density at radius 1 is 1.06 bits per heavy atom. The number of carbonyl (C=O) groups is 1. The van der Waals surface area contributed by atoms with E-state index in [2.05, 4.69) is 0 Å². The third-order valence-electron chi connectivity index (χ3n) is 3.79. The number of nitrogens with zero attached hydrogens (tertiary/aromatic N) is 1. The molecule has 2 fully saturated rings. The molecule has 1 saturated carbocycles. The topological polar surface area (TPSA) is 74.7 Å². The SMILES string of the molecule is O=C(O)[C@H]1CCCN1S(=O)(=O)C1CCCCC1. The lowest BCUT2D eigenvalue weighted by Gasteiger charge is -2.29. The average Bonchev–Trinajstić information content (AvgIpc) is 2.80. The Morgan fingerprint density at radius 2 is 1.71 bits per heavy atom. The van der Waals surface area contributed by atoms with Gasteiger partial charge in [0, 0.05) is 6.54 Å². The Hall–Kier alpha value is -0.620. The molecule has 1 saturated heterocycles. The van der Waals surface area contributed by atoms with Gasteiger partial charge < -0.3 is 5.11 Å². The molecule has 0 aromatic carbocycles. The van der Waals surface area contributed by atoms with Crippen molar-refractivity contribution >= 4 is 16.0 Å². The van der Waals surface area contributed by atoms with E-state index in [-0.39, 0.29) is 5.25 Å². The molecular weight excluding hydrogens is 242 g/mol. The highest BCUT2D eigenvalue weighted by atomic mass is 32.2. The summed E-state index contributed by atoms with van der Waals surface area (Å²) >= 11 is 0. The molecule has 17 heavy (non-hydrogen) atoms. The van der Waals surface area contributed by atoms with Crippen LogP contribution in [0.1, 0.15) is 44.9 Å². The number of sulfonamides is 1. The van der Waals surface area contributed by atoms with Crippen molar-refractivity contribution in [3.8, 4) is 0 Å². The van der Waals surface area contributed by atoms with Gasteiger partial charge >= 0.3 is 5.97 Å². The third-order valence-corrected chi connectivity index (χ3v) is 6.19. The summed E-state index contributed by atoms with van der Waals surface area (Å²) in [6.45, 7) is 0.371. The molecule has 0 aromatic rings. The lowest BCUT2D eigenvalue weighted by atomic mass is 10.0. The molecule has 0 spiro atoms. The first-order chi connectivity index (χ1) is 8.03. The maximum Gasteiger partial charge on any atom is 0.322 e. The average molecular weight is 261 g/mol. The summed E-state index contributed by atoms with van der Waals surface area (Å²) in [6, 6.07) is -0.832. The van der Waals surface area contributed by atoms with E-state index >= 15 is 0 Å². The van der Waals surface area contributed by atoms with E-state index in [1.54, 1.807) is 0 Å². The number of aliphatic carboxylic acids is 1. The molecule has 98 valence electrons. The molecule has 1 aliphatic carbocycles. The first-order valence-electron chi connectivity index (χ1n) is 6.27. The molecule has 0 radical (unpaired) electrons. The number of carboxylic acid groups (broad SMARTS) is 1. The minimum Gasteiger partial charge on any atom is -0.480 e. The second-order valence-corrected chi connectivity index (χ2v) is 7.08. The number of rotatable bonds is 3. The zero-order valence-corrected chi connectivity index (χ0v) is 10.7. The lowest BCUT2D eigenvalue weighted by Crippen LogP contribution is -2.45. The van der Waals surface area contributed by atoms with Crippen LogP contribution in [0.4, 0.5) is 0 Å². The Kier molecular flexibility index (Phi) is 3.73. The van der Waals surface area contributed by atoms with E-state index in [0.717, 1.165) is 19.3 Å². The Bertz CT molecular complexity index is 386. The van der Waals surface area contributed by atoms with Crippen molar-refractivity contribution < 1.29 is 18.3 Å². The van der Waals surface area contributed by atoms with E-state index in [1.165, 1.54) is 4.31 Å². The Labute approximate surface area is 102 Å². The van der Waals surface area contributed by atoms with Gasteiger partial charge in [-0.05, 0) is 25.7 Å². The molecule has 1 atom stereocenters. The number of carboxylic acids is 1. The number of hydrogen-bond acceptors (Lipinski definition) is 3. The standard InChI is InChI=1S/C11H19NO4S/c13-11(14)10-7-4-8-12(10)17(15,16)9-5-2-1-3-6-9/h9-10H,1-8H2,(H,13,14)/t10-/m1/s1. The molecule has 2 aliphatic rings. The molecule has 6 heteroatoms. The van der Waals surface area contributed by atoms with Crippen molar-refractivity contribution in [1.29, 1.82) is 0 Å². The van der Waals surface area contributed by atoms with Gasteiger partial charge in [-0.15, -0.1) is 0 Å². The maximum absolute atomic E-state index is 12.4. The minimum atomic E-state index is -3.40. The smallest absolute Gasteiger partial charge is 0.322 e. The van der Waals surface area contributed by atoms with Crippen LogP contribution in [-0.4, -0.2) is 41.6 Å². The summed E-state index contributed by atoms with van der Waals surface area (Å²) in [6.07, 6.45) is 5.44. The van der Waals surface area contributed by atoms with Crippen LogP contribution in [0, 0.1) is 0 Å². The van der Waals surface area contributed by atoms with Gasteiger partial charge in [-0.3, -0.25) is 4.79 Å². The second-order valence-electron chi connectivity index (χ2n) is 4.91. The third kappa shape index (κ3) is 2.47. The van der Waals surface area contributed by atoms with E-state index in [4.69, 9.17) is 5.11 Å². The van der Waals surface area contributed by atoms with E-state index < -0.39 is 22.0 Å². The van der Waals surface area contributed by atoms with E-state index in [1.807, 2.05) is 0 Å². The van der Waals surface area contributed by atoms with Gasteiger partial charge in [0.05, 0.1) is 5.25 Å². The summed E-state index contributed by atoms with van der Waals surface area (Å²) in [5.74, 6) is -1.01. The van der Waals surface area contributed by atoms with Gasteiger partial charge in [0.15, 0.2) is 0 Å². The molecule has 2 rings (SSSR count). The molecule has 0 aromatic heterocycles. The van der Waals surface area contributed by atoms with Crippen molar-refractivity contribution in [3.63, 3.8) is 0 Å². The fraction of sp³-hybridized carbons (Fsp3) is 0.909. The van der Waals surface area contributed by atoms with Crippen molar-refractivity contribution in [2.45, 2.75) is 56.2 Å². The van der Waals surface area contributed by atoms with Gasteiger partial charge in [0.1, 0.15) is 6.04 Å². The molecule has 0 amide bonds. The largest absolute Gasteiger partial charge is 0.480 e. The van der Waals surface area contributed by atoms with Crippen LogP contribution in [0.2, 0.25) is 0 Å². The zero-order chi connectivity index (χ0) is 12.5. The lowest BCUT2D eigenvalue weighted by molar-refractivity contribution is -0.140. The molecule has 0 unspecified atom stereocenters. The second kappa shape index (κ2) is 4.94. The van der Waals surface area contributed by atoms with Crippen LogP contribution in [-0.2, 0) is 14.8 Å². The van der Waals surface area contributed by atoms with Crippen molar-refractivity contribution in [1.82, 2.24) is 4.31 Å². The van der Waals surface area contributed by atoms with Crippen LogP contribution in [0.3, 0.4) is 0 Å². The van der Waals surface area contributed by atoms with Crippen LogP contribution in [0.5, 0.6) is 0 Å². The highest BCUT2D eigenvalue weighted by molar-refractivity contribution is 7.89. The van der Waals surface area contributed by atoms with Gasteiger partial charge in [-0.2, -0.15) is 4.31 Å². The van der Waals surface area contributed by atoms with Gasteiger partial charge in [0.25, 0.3) is 0 Å². The first-order valence-corrected chi connectivity index (χ1v) is 7.77.